The number of pyridine rings is 2. The lowest BCUT2D eigenvalue weighted by Crippen LogP contribution is -2.45. The highest BCUT2D eigenvalue weighted by atomic mass is 19.1. The second kappa shape index (κ2) is 8.55. The normalized spacial score (nSPS) is 14.8. The molecule has 11 heteroatoms. The van der Waals surface area contributed by atoms with Gasteiger partial charge in [-0.25, -0.2) is 18.6 Å². The van der Waals surface area contributed by atoms with Gasteiger partial charge in [0.1, 0.15) is 16.9 Å². The number of rotatable bonds is 1. The monoisotopic (exact) mass is 534 g/mol. The van der Waals surface area contributed by atoms with Gasteiger partial charge in [-0.3, -0.25) is 9.69 Å². The summed E-state index contributed by atoms with van der Waals surface area (Å²) in [6.07, 6.45) is 3.99. The molecule has 0 bridgehead atoms. The van der Waals surface area contributed by atoms with Crippen LogP contribution < -0.4 is 20.3 Å². The van der Waals surface area contributed by atoms with Crippen LogP contribution in [-0.2, 0) is 18.3 Å². The molecule has 39 heavy (non-hydrogen) atoms. The first-order chi connectivity index (χ1) is 18.4. The van der Waals surface area contributed by atoms with E-state index >= 15 is 4.39 Å². The number of anilines is 4. The molecule has 9 nitrogen and oxygen atoms in total. The molecule has 2 aliphatic heterocycles. The van der Waals surface area contributed by atoms with Gasteiger partial charge in [0.2, 0.25) is 0 Å². The molecular weight excluding hydrogens is 506 g/mol. The van der Waals surface area contributed by atoms with E-state index in [4.69, 9.17) is 4.74 Å². The summed E-state index contributed by atoms with van der Waals surface area (Å²) in [6.45, 7) is 6.59. The van der Waals surface area contributed by atoms with Gasteiger partial charge in [-0.1, -0.05) is 0 Å². The lowest BCUT2D eigenvalue weighted by Gasteiger charge is -2.38. The van der Waals surface area contributed by atoms with E-state index in [1.165, 1.54) is 4.57 Å². The van der Waals surface area contributed by atoms with Crippen LogP contribution in [0.25, 0.3) is 22.0 Å². The molecule has 1 amide bonds. The molecule has 1 N–H and O–H groups in total. The maximum absolute atomic E-state index is 15.2. The summed E-state index contributed by atoms with van der Waals surface area (Å²) in [6, 6.07) is 4.56. The molecule has 2 aliphatic rings. The molecule has 0 fully saturated rings. The second-order valence-electron chi connectivity index (χ2n) is 11.0. The number of hydrogen-bond donors (Lipinski definition) is 1. The van der Waals surface area contributed by atoms with E-state index in [1.54, 1.807) is 29.2 Å². The van der Waals surface area contributed by atoms with Gasteiger partial charge < -0.3 is 24.1 Å². The average Bonchev–Trinajstić information content (AvgIpc) is 3.22. The molecule has 1 aromatic carbocycles. The zero-order chi connectivity index (χ0) is 27.8. The van der Waals surface area contributed by atoms with E-state index in [0.29, 0.717) is 40.9 Å². The van der Waals surface area contributed by atoms with Gasteiger partial charge in [0.25, 0.3) is 5.56 Å². The van der Waals surface area contributed by atoms with Crippen LogP contribution in [0.4, 0.5) is 36.5 Å². The standard InChI is InChI=1S/C28H28F2N6O3/c1-28(2,3)39-27(38)35-7-6-33(4)21-10-20-17(9-22(21)35)18-14-34(5)26(37)24-23(18)15(11-31-24)13-36(20)25-19(30)8-16(29)12-32-25/h8-12,14,31H,6-7,13H2,1-5H3. The molecule has 0 saturated carbocycles. The minimum absolute atomic E-state index is 0.0473. The number of fused-ring (bicyclic) bond motifs is 3. The van der Waals surface area contributed by atoms with Crippen LogP contribution in [0.15, 0.2) is 41.6 Å². The molecule has 6 rings (SSSR count). The number of H-pyrrole nitrogens is 1. The number of aromatic amines is 1. The number of hydrogen-bond acceptors (Lipinski definition) is 6. The van der Waals surface area contributed by atoms with Crippen molar-refractivity contribution in [2.75, 3.05) is 34.8 Å². The Morgan fingerprint density at radius 2 is 1.82 bits per heavy atom. The summed E-state index contributed by atoms with van der Waals surface area (Å²) in [5.41, 5.74) is 3.69. The molecule has 3 aromatic heterocycles. The molecule has 4 aromatic rings. The molecule has 0 spiro atoms. The summed E-state index contributed by atoms with van der Waals surface area (Å²) in [5, 5.41) is 0.706. The lowest BCUT2D eigenvalue weighted by atomic mass is 9.98. The Morgan fingerprint density at radius 1 is 1.05 bits per heavy atom. The zero-order valence-corrected chi connectivity index (χ0v) is 22.3. The molecule has 0 unspecified atom stereocenters. The maximum atomic E-state index is 15.2. The van der Waals surface area contributed by atoms with E-state index in [-0.39, 0.29) is 17.9 Å². The smallest absolute Gasteiger partial charge is 0.414 e. The fourth-order valence-corrected chi connectivity index (χ4v) is 5.34. The first-order valence-electron chi connectivity index (χ1n) is 12.6. The second-order valence-corrected chi connectivity index (χ2v) is 11.0. The molecule has 202 valence electrons. The Bertz CT molecular complexity index is 1720. The van der Waals surface area contributed by atoms with Crippen LogP contribution in [-0.4, -0.2) is 46.4 Å². The third kappa shape index (κ3) is 4.00. The number of aromatic nitrogens is 3. The number of likely N-dealkylation sites (N-methyl/N-ethyl adjacent to an activating group) is 1. The number of halogens is 2. The first-order valence-corrected chi connectivity index (χ1v) is 12.6. The SMILES string of the molecule is CN1CCN(C(=O)OC(C)(C)C)c2cc3c(cc21)N(c1ncc(F)cc1F)Cc1c[nH]c2c(=O)n(C)cc-3c12. The summed E-state index contributed by atoms with van der Waals surface area (Å²) in [7, 11) is 3.59. The zero-order valence-electron chi connectivity index (χ0n) is 22.3. The molecule has 5 heterocycles. The van der Waals surface area contributed by atoms with Gasteiger partial charge >= 0.3 is 6.09 Å². The van der Waals surface area contributed by atoms with Crippen LogP contribution in [0.1, 0.15) is 26.3 Å². The minimum atomic E-state index is -0.810. The van der Waals surface area contributed by atoms with Gasteiger partial charge in [0.15, 0.2) is 11.6 Å². The van der Waals surface area contributed by atoms with Crippen LogP contribution in [0, 0.1) is 11.6 Å². The van der Waals surface area contributed by atoms with Gasteiger partial charge in [0.05, 0.1) is 29.8 Å². The van der Waals surface area contributed by atoms with Crippen molar-refractivity contribution in [3.8, 4) is 11.1 Å². The minimum Gasteiger partial charge on any atom is -0.443 e. The number of ether oxygens (including phenoxy) is 1. The molecule has 0 atom stereocenters. The van der Waals surface area contributed by atoms with Crippen molar-refractivity contribution < 1.29 is 18.3 Å². The van der Waals surface area contributed by atoms with Crippen LogP contribution in [0.5, 0.6) is 0 Å². The average molecular weight is 535 g/mol. The Kier molecular flexibility index (Phi) is 5.46. The van der Waals surface area contributed by atoms with Gasteiger partial charge in [-0.15, -0.1) is 0 Å². The topological polar surface area (TPSA) is 86.7 Å². The van der Waals surface area contributed by atoms with E-state index < -0.39 is 23.3 Å². The van der Waals surface area contributed by atoms with Crippen LogP contribution in [0.3, 0.4) is 0 Å². The van der Waals surface area contributed by atoms with E-state index in [9.17, 15) is 14.0 Å². The van der Waals surface area contributed by atoms with Crippen molar-refractivity contribution in [3.05, 3.63) is 64.3 Å². The lowest BCUT2D eigenvalue weighted by molar-refractivity contribution is 0.0580. The van der Waals surface area contributed by atoms with Gasteiger partial charge in [0, 0.05) is 62.2 Å². The summed E-state index contributed by atoms with van der Waals surface area (Å²) in [4.78, 5) is 38.7. The quantitative estimate of drug-likeness (QED) is 0.368. The molecular formula is C28H28F2N6O3. The van der Waals surface area contributed by atoms with Crippen LogP contribution in [0.2, 0.25) is 0 Å². The molecule has 0 radical (unpaired) electrons. The summed E-state index contributed by atoms with van der Waals surface area (Å²) < 4.78 is 36.2. The Labute approximate surface area is 223 Å². The van der Waals surface area contributed by atoms with Gasteiger partial charge in [-0.05, 0) is 38.5 Å². The Balaban J connectivity index is 1.65. The van der Waals surface area contributed by atoms with E-state index in [2.05, 4.69) is 9.97 Å². The van der Waals surface area contributed by atoms with E-state index in [0.717, 1.165) is 29.1 Å². The third-order valence-electron chi connectivity index (χ3n) is 7.11. The number of nitrogens with zero attached hydrogens (tertiary/aromatic N) is 5. The first kappa shape index (κ1) is 24.9. The van der Waals surface area contributed by atoms with Crippen molar-refractivity contribution in [3.63, 3.8) is 0 Å². The summed E-state index contributed by atoms with van der Waals surface area (Å²) in [5.74, 6) is -1.64. The predicted octanol–water partition coefficient (Wildman–Crippen LogP) is 5.05. The van der Waals surface area contributed by atoms with Gasteiger partial charge in [-0.2, -0.15) is 0 Å². The van der Waals surface area contributed by atoms with Crippen molar-refractivity contribution in [1.29, 1.82) is 0 Å². The number of benzene rings is 1. The highest BCUT2D eigenvalue weighted by molar-refractivity contribution is 6.06. The Morgan fingerprint density at radius 3 is 2.54 bits per heavy atom. The molecule has 0 saturated heterocycles. The highest BCUT2D eigenvalue weighted by Gasteiger charge is 2.34. The largest absolute Gasteiger partial charge is 0.443 e. The molecule has 0 aliphatic carbocycles. The third-order valence-corrected chi connectivity index (χ3v) is 7.11. The predicted molar refractivity (Wildman–Crippen MR) is 146 cm³/mol. The van der Waals surface area contributed by atoms with Crippen molar-refractivity contribution in [1.82, 2.24) is 14.5 Å². The highest BCUT2D eigenvalue weighted by Crippen LogP contribution is 2.48. The maximum Gasteiger partial charge on any atom is 0.414 e. The summed E-state index contributed by atoms with van der Waals surface area (Å²) >= 11 is 0. The fraction of sp³-hybridized carbons (Fsp3) is 0.321. The van der Waals surface area contributed by atoms with Crippen molar-refractivity contribution in [2.45, 2.75) is 32.9 Å². The number of carbonyl (C=O) groups excluding carboxylic acids is 1. The number of carbonyl (C=O) groups is 1. The number of amides is 1. The number of aryl methyl sites for hydroxylation is 1. The number of nitrogens with one attached hydrogen (secondary N) is 1. The van der Waals surface area contributed by atoms with E-state index in [1.807, 2.05) is 44.9 Å². The van der Waals surface area contributed by atoms with Crippen LogP contribution >= 0.6 is 0 Å². The fourth-order valence-electron chi connectivity index (χ4n) is 5.34. The Hall–Kier alpha value is -4.41. The van der Waals surface area contributed by atoms with Crippen molar-refractivity contribution in [2.24, 2.45) is 7.05 Å². The van der Waals surface area contributed by atoms with Crippen molar-refractivity contribution >= 4 is 39.9 Å².